The molecular weight excluding hydrogens is 158 g/mol. The molecule has 4 nitrogen and oxygen atoms in total. The molecule has 0 aliphatic heterocycles. The molecule has 1 aromatic rings. The Morgan fingerprint density at radius 3 is 2.42 bits per heavy atom. The Kier molecular flexibility index (Phi) is 2.90. The predicted octanol–water partition coefficient (Wildman–Crippen LogP) is 0.0481. The number of aliphatic hydroxyl groups is 1. The van der Waals surface area contributed by atoms with Gasteiger partial charge >= 0.3 is 0 Å². The topological polar surface area (TPSA) is 75.7 Å². The standard InChI is InChI=1S/C8H11NO3/c9-5-8(11)12-7-3-1-6(10)2-4-7/h1-4,8,10-11H,5,9H2. The summed E-state index contributed by atoms with van der Waals surface area (Å²) >= 11 is 0. The summed E-state index contributed by atoms with van der Waals surface area (Å²) in [6.45, 7) is 0.0425. The number of hydrogen-bond donors (Lipinski definition) is 3. The second-order valence-electron chi connectivity index (χ2n) is 2.30. The highest BCUT2D eigenvalue weighted by molar-refractivity contribution is 5.30. The molecule has 0 saturated carbocycles. The fourth-order valence-corrected chi connectivity index (χ4v) is 0.730. The molecule has 0 spiro atoms. The maximum absolute atomic E-state index is 8.97. The predicted molar refractivity (Wildman–Crippen MR) is 43.8 cm³/mol. The number of ether oxygens (including phenoxy) is 1. The molecular formula is C8H11NO3. The molecule has 0 saturated heterocycles. The van der Waals surface area contributed by atoms with Crippen LogP contribution >= 0.6 is 0 Å². The number of benzene rings is 1. The van der Waals surface area contributed by atoms with Crippen LogP contribution in [0.15, 0.2) is 24.3 Å². The molecule has 1 rings (SSSR count). The van der Waals surface area contributed by atoms with Crippen molar-refractivity contribution in [1.82, 2.24) is 0 Å². The van der Waals surface area contributed by atoms with E-state index in [2.05, 4.69) is 0 Å². The first-order valence-electron chi connectivity index (χ1n) is 3.56. The van der Waals surface area contributed by atoms with E-state index in [-0.39, 0.29) is 12.3 Å². The number of phenols is 1. The van der Waals surface area contributed by atoms with E-state index in [9.17, 15) is 0 Å². The third-order valence-electron chi connectivity index (χ3n) is 1.31. The van der Waals surface area contributed by atoms with Crippen LogP contribution in [0.2, 0.25) is 0 Å². The second kappa shape index (κ2) is 3.94. The smallest absolute Gasteiger partial charge is 0.209 e. The minimum Gasteiger partial charge on any atom is -0.508 e. The van der Waals surface area contributed by atoms with E-state index in [0.717, 1.165) is 0 Å². The van der Waals surface area contributed by atoms with Crippen LogP contribution in [0.25, 0.3) is 0 Å². The molecule has 0 aliphatic carbocycles. The summed E-state index contributed by atoms with van der Waals surface area (Å²) < 4.78 is 4.94. The first-order chi connectivity index (χ1) is 5.72. The molecule has 1 unspecified atom stereocenters. The second-order valence-corrected chi connectivity index (χ2v) is 2.30. The van der Waals surface area contributed by atoms with E-state index in [1.807, 2.05) is 0 Å². The van der Waals surface area contributed by atoms with Crippen molar-refractivity contribution in [1.29, 1.82) is 0 Å². The van der Waals surface area contributed by atoms with E-state index >= 15 is 0 Å². The lowest BCUT2D eigenvalue weighted by atomic mass is 10.3. The van der Waals surface area contributed by atoms with Gasteiger partial charge in [-0.05, 0) is 24.3 Å². The molecule has 12 heavy (non-hydrogen) atoms. The summed E-state index contributed by atoms with van der Waals surface area (Å²) in [4.78, 5) is 0. The van der Waals surface area contributed by atoms with E-state index in [4.69, 9.17) is 20.7 Å². The molecule has 4 N–H and O–H groups in total. The lowest BCUT2D eigenvalue weighted by molar-refractivity contribution is -0.00861. The number of rotatable bonds is 3. The van der Waals surface area contributed by atoms with Gasteiger partial charge in [-0.15, -0.1) is 0 Å². The monoisotopic (exact) mass is 169 g/mol. The average Bonchev–Trinajstić information content (AvgIpc) is 2.09. The number of phenolic OH excluding ortho intramolecular Hbond substituents is 1. The van der Waals surface area contributed by atoms with Crippen molar-refractivity contribution in [3.05, 3.63) is 24.3 Å². The Bertz CT molecular complexity index is 235. The van der Waals surface area contributed by atoms with E-state index in [1.165, 1.54) is 12.1 Å². The van der Waals surface area contributed by atoms with Crippen molar-refractivity contribution in [3.8, 4) is 11.5 Å². The van der Waals surface area contributed by atoms with Crippen LogP contribution in [-0.4, -0.2) is 23.0 Å². The maximum atomic E-state index is 8.97. The van der Waals surface area contributed by atoms with Crippen molar-refractivity contribution in [2.24, 2.45) is 5.73 Å². The van der Waals surface area contributed by atoms with Crippen LogP contribution in [-0.2, 0) is 0 Å². The molecule has 1 aromatic carbocycles. The van der Waals surface area contributed by atoms with Crippen LogP contribution in [0.3, 0.4) is 0 Å². The lowest BCUT2D eigenvalue weighted by Gasteiger charge is -2.10. The lowest BCUT2D eigenvalue weighted by Crippen LogP contribution is -2.25. The Morgan fingerprint density at radius 2 is 1.92 bits per heavy atom. The van der Waals surface area contributed by atoms with Gasteiger partial charge in [0.25, 0.3) is 0 Å². The number of aliphatic hydroxyl groups excluding tert-OH is 1. The van der Waals surface area contributed by atoms with Crippen molar-refractivity contribution < 1.29 is 14.9 Å². The van der Waals surface area contributed by atoms with Gasteiger partial charge in [0.2, 0.25) is 6.29 Å². The third-order valence-corrected chi connectivity index (χ3v) is 1.31. The van der Waals surface area contributed by atoms with Gasteiger partial charge < -0.3 is 20.7 Å². The Balaban J connectivity index is 2.58. The van der Waals surface area contributed by atoms with E-state index in [0.29, 0.717) is 5.75 Å². The van der Waals surface area contributed by atoms with Crippen LogP contribution in [0, 0.1) is 0 Å². The first-order valence-corrected chi connectivity index (χ1v) is 3.56. The first kappa shape index (κ1) is 8.83. The Hall–Kier alpha value is -1.26. The van der Waals surface area contributed by atoms with Gasteiger partial charge in [-0.3, -0.25) is 0 Å². The summed E-state index contributed by atoms with van der Waals surface area (Å²) in [6, 6.07) is 6.04. The molecule has 0 fully saturated rings. The number of hydrogen-bond acceptors (Lipinski definition) is 4. The summed E-state index contributed by atoms with van der Waals surface area (Å²) in [5, 5.41) is 17.9. The number of aromatic hydroxyl groups is 1. The Morgan fingerprint density at radius 1 is 1.33 bits per heavy atom. The van der Waals surface area contributed by atoms with E-state index < -0.39 is 6.29 Å². The van der Waals surface area contributed by atoms with Crippen LogP contribution in [0.5, 0.6) is 11.5 Å². The van der Waals surface area contributed by atoms with Gasteiger partial charge in [0.1, 0.15) is 11.5 Å². The normalized spacial score (nSPS) is 12.5. The zero-order chi connectivity index (χ0) is 8.97. The van der Waals surface area contributed by atoms with Crippen LogP contribution in [0.4, 0.5) is 0 Å². The van der Waals surface area contributed by atoms with E-state index in [1.54, 1.807) is 12.1 Å². The molecule has 66 valence electrons. The highest BCUT2D eigenvalue weighted by Gasteiger charge is 2.01. The van der Waals surface area contributed by atoms with Gasteiger partial charge in [0.05, 0.1) is 6.54 Å². The molecule has 0 aliphatic rings. The zero-order valence-corrected chi connectivity index (χ0v) is 6.47. The summed E-state index contributed by atoms with van der Waals surface area (Å²) in [6.07, 6.45) is -0.991. The highest BCUT2D eigenvalue weighted by Crippen LogP contribution is 2.16. The Labute approximate surface area is 70.2 Å². The van der Waals surface area contributed by atoms with Gasteiger partial charge in [-0.25, -0.2) is 0 Å². The third kappa shape index (κ3) is 2.41. The molecule has 0 amide bonds. The van der Waals surface area contributed by atoms with Crippen molar-refractivity contribution >= 4 is 0 Å². The SMILES string of the molecule is NCC(O)Oc1ccc(O)cc1. The van der Waals surface area contributed by atoms with Crippen molar-refractivity contribution in [2.75, 3.05) is 6.54 Å². The largest absolute Gasteiger partial charge is 0.508 e. The average molecular weight is 169 g/mol. The van der Waals surface area contributed by atoms with Gasteiger partial charge in [-0.1, -0.05) is 0 Å². The minimum absolute atomic E-state index is 0.0425. The summed E-state index contributed by atoms with van der Waals surface area (Å²) in [7, 11) is 0. The van der Waals surface area contributed by atoms with Gasteiger partial charge in [-0.2, -0.15) is 0 Å². The van der Waals surface area contributed by atoms with Crippen molar-refractivity contribution in [2.45, 2.75) is 6.29 Å². The van der Waals surface area contributed by atoms with Crippen molar-refractivity contribution in [3.63, 3.8) is 0 Å². The molecule has 1 atom stereocenters. The molecule has 0 bridgehead atoms. The quantitative estimate of drug-likeness (QED) is 0.559. The minimum atomic E-state index is -0.991. The van der Waals surface area contributed by atoms with Crippen LogP contribution in [0.1, 0.15) is 0 Å². The maximum Gasteiger partial charge on any atom is 0.209 e. The summed E-state index contributed by atoms with van der Waals surface area (Å²) in [5.74, 6) is 0.635. The van der Waals surface area contributed by atoms with Crippen LogP contribution < -0.4 is 10.5 Å². The molecule has 0 heterocycles. The number of nitrogens with two attached hydrogens (primary N) is 1. The molecule has 4 heteroatoms. The summed E-state index contributed by atoms with van der Waals surface area (Å²) in [5.41, 5.74) is 5.13. The highest BCUT2D eigenvalue weighted by atomic mass is 16.6. The van der Waals surface area contributed by atoms with Gasteiger partial charge in [0.15, 0.2) is 0 Å². The molecule has 0 radical (unpaired) electrons. The zero-order valence-electron chi connectivity index (χ0n) is 6.47. The fourth-order valence-electron chi connectivity index (χ4n) is 0.730. The fraction of sp³-hybridized carbons (Fsp3) is 0.250. The van der Waals surface area contributed by atoms with Gasteiger partial charge in [0, 0.05) is 0 Å². The molecule has 0 aromatic heterocycles.